The molecule has 0 spiro atoms. The van der Waals surface area contributed by atoms with E-state index in [1.165, 1.54) is 57.3 Å². The molecule has 212 valence electrons. The van der Waals surface area contributed by atoms with Crippen LogP contribution in [0.15, 0.2) is 21.3 Å². The van der Waals surface area contributed by atoms with Crippen LogP contribution in [-0.2, 0) is 28.6 Å². The minimum atomic E-state index is -2.95. The van der Waals surface area contributed by atoms with Crippen LogP contribution in [0.4, 0.5) is 0 Å². The van der Waals surface area contributed by atoms with Gasteiger partial charge in [-0.25, -0.2) is 0 Å². The van der Waals surface area contributed by atoms with E-state index in [1.807, 2.05) is 13.0 Å². The van der Waals surface area contributed by atoms with Gasteiger partial charge < -0.3 is 0 Å². The van der Waals surface area contributed by atoms with Crippen LogP contribution in [-0.4, -0.2) is 56.6 Å². The first kappa shape index (κ1) is 33.7. The molecule has 0 aromatic heterocycles. The summed E-state index contributed by atoms with van der Waals surface area (Å²) in [6, 6.07) is 0. The number of unbranched alkanes of at least 4 members (excludes halogenated alkanes) is 3. The molecule has 1 aliphatic rings. The molecule has 6 nitrogen and oxygen atoms in total. The first-order chi connectivity index (χ1) is 17.6. The molecule has 0 aromatic rings. The van der Waals surface area contributed by atoms with Crippen LogP contribution >= 0.6 is 0 Å². The van der Waals surface area contributed by atoms with Crippen LogP contribution in [0.2, 0.25) is 13.3 Å². The number of carbonyl (C=O) groups is 3. The molecule has 2 atom stereocenters. The molecule has 0 bridgehead atoms. The fourth-order valence-electron chi connectivity index (χ4n) is 6.13. The normalized spacial score (nSPS) is 18.7. The quantitative estimate of drug-likeness (QED) is 0.0587. The van der Waals surface area contributed by atoms with E-state index >= 15 is 0 Å². The van der Waals surface area contributed by atoms with Gasteiger partial charge in [-0.15, -0.1) is 0 Å². The van der Waals surface area contributed by atoms with Gasteiger partial charge in [0.25, 0.3) is 0 Å². The summed E-state index contributed by atoms with van der Waals surface area (Å²) < 4.78 is 21.3. The summed E-state index contributed by atoms with van der Waals surface area (Å²) >= 11 is -2.95. The van der Waals surface area contributed by atoms with E-state index in [9.17, 15) is 14.4 Å². The standard InChI is InChI=1S/C18H25O6.3C4H9.Sn/c1-6-7-10-18(16(20)22-4,17(21)23-5)14-8-9-15(12(2)11-14)24-13(3)19;3*1-3-4-2;/h6,11,14-15H,8-10H2,1-5H3;3*1,3-4H2,2H3;/t14-,15+;;;;/m1..../s1. The molecule has 0 saturated carbocycles. The third-order valence-electron chi connectivity index (χ3n) is 8.28. The fraction of sp³-hybridized carbons (Fsp3) is 0.767. The summed E-state index contributed by atoms with van der Waals surface area (Å²) in [7, 11) is 2.72. The van der Waals surface area contributed by atoms with Crippen LogP contribution in [0.5, 0.6) is 0 Å². The Morgan fingerprint density at radius 3 is 1.78 bits per heavy atom. The average molecular weight is 627 g/mol. The zero-order chi connectivity index (χ0) is 28.1. The van der Waals surface area contributed by atoms with Gasteiger partial charge in [0, 0.05) is 0 Å². The third-order valence-corrected chi connectivity index (χ3v) is 24.7. The first-order valence-corrected chi connectivity index (χ1v) is 21.8. The molecule has 0 aromatic carbocycles. The Morgan fingerprint density at radius 2 is 1.43 bits per heavy atom. The SMILES string of the molecule is C/C=[C](/CC(C(=O)OC)(C(=O)OC)[C@H]1C=C(C)[C@@H](OC(C)=O)CC1)[Sn]([CH2]CCC)([CH2]CCC)[CH2]CCC. The van der Waals surface area contributed by atoms with Crippen molar-refractivity contribution in [1.82, 2.24) is 0 Å². The number of hydrogen-bond donors (Lipinski definition) is 0. The van der Waals surface area contributed by atoms with Crippen LogP contribution in [0.1, 0.15) is 99.3 Å². The maximum atomic E-state index is 13.7. The molecule has 0 unspecified atom stereocenters. The van der Waals surface area contributed by atoms with Gasteiger partial charge in [0.05, 0.1) is 0 Å². The number of rotatable bonds is 16. The molecule has 1 rings (SSSR count). The molecule has 0 heterocycles. The van der Waals surface area contributed by atoms with Crippen molar-refractivity contribution in [2.45, 2.75) is 119 Å². The van der Waals surface area contributed by atoms with E-state index in [-0.39, 0.29) is 18.0 Å². The van der Waals surface area contributed by atoms with Crippen LogP contribution in [0.3, 0.4) is 0 Å². The Bertz CT molecular complexity index is 777. The van der Waals surface area contributed by atoms with Crippen LogP contribution in [0.25, 0.3) is 0 Å². The van der Waals surface area contributed by atoms with E-state index in [2.05, 4.69) is 33.8 Å². The third kappa shape index (κ3) is 8.59. The van der Waals surface area contributed by atoms with Crippen molar-refractivity contribution >= 4 is 36.3 Å². The number of esters is 3. The van der Waals surface area contributed by atoms with E-state index in [4.69, 9.17) is 14.2 Å². The summed E-state index contributed by atoms with van der Waals surface area (Å²) in [5.41, 5.74) is -0.580. The Kier molecular flexibility index (Phi) is 15.1. The summed E-state index contributed by atoms with van der Waals surface area (Å²) in [6.45, 7) is 12.1. The van der Waals surface area contributed by atoms with Gasteiger partial charge in [-0.1, -0.05) is 0 Å². The van der Waals surface area contributed by atoms with Gasteiger partial charge in [0.2, 0.25) is 0 Å². The van der Waals surface area contributed by atoms with Gasteiger partial charge >= 0.3 is 230 Å². The summed E-state index contributed by atoms with van der Waals surface area (Å²) in [5, 5.41) is 0. The van der Waals surface area contributed by atoms with Gasteiger partial charge in [0.15, 0.2) is 0 Å². The number of methoxy groups -OCH3 is 2. The molecule has 37 heavy (non-hydrogen) atoms. The van der Waals surface area contributed by atoms with Crippen LogP contribution < -0.4 is 0 Å². The van der Waals surface area contributed by atoms with Crippen molar-refractivity contribution in [2.24, 2.45) is 11.3 Å². The van der Waals surface area contributed by atoms with E-state index < -0.39 is 35.7 Å². The van der Waals surface area contributed by atoms with E-state index in [1.54, 1.807) is 0 Å². The van der Waals surface area contributed by atoms with Gasteiger partial charge in [-0.2, -0.15) is 0 Å². The zero-order valence-electron chi connectivity index (χ0n) is 24.7. The zero-order valence-corrected chi connectivity index (χ0v) is 27.6. The van der Waals surface area contributed by atoms with E-state index in [0.29, 0.717) is 19.3 Å². The van der Waals surface area contributed by atoms with Crippen molar-refractivity contribution in [3.8, 4) is 0 Å². The Hall–Kier alpha value is -1.31. The fourth-order valence-corrected chi connectivity index (χ4v) is 23.5. The van der Waals surface area contributed by atoms with Crippen molar-refractivity contribution in [3.05, 3.63) is 21.3 Å². The summed E-state index contributed by atoms with van der Waals surface area (Å²) in [5.74, 6) is -1.77. The van der Waals surface area contributed by atoms with Gasteiger partial charge in [-0.05, 0) is 0 Å². The molecular weight excluding hydrogens is 575 g/mol. The monoisotopic (exact) mass is 628 g/mol. The van der Waals surface area contributed by atoms with Gasteiger partial charge in [-0.3, -0.25) is 0 Å². The van der Waals surface area contributed by atoms with Crippen LogP contribution in [0, 0.1) is 11.3 Å². The second-order valence-corrected chi connectivity index (χ2v) is 24.2. The molecule has 1 aliphatic carbocycles. The first-order valence-electron chi connectivity index (χ1n) is 14.3. The molecule has 0 N–H and O–H groups in total. The molecule has 0 saturated heterocycles. The van der Waals surface area contributed by atoms with Crippen molar-refractivity contribution in [1.29, 1.82) is 0 Å². The van der Waals surface area contributed by atoms with Gasteiger partial charge in [0.1, 0.15) is 0 Å². The minimum absolute atomic E-state index is 0.332. The number of allylic oxidation sites excluding steroid dienone is 3. The average Bonchev–Trinajstić information content (AvgIpc) is 2.89. The molecule has 0 fully saturated rings. The topological polar surface area (TPSA) is 78.9 Å². The van der Waals surface area contributed by atoms with Crippen molar-refractivity contribution in [3.63, 3.8) is 0 Å². The predicted octanol–water partition coefficient (Wildman–Crippen LogP) is 7.33. The Labute approximate surface area is 229 Å². The molecule has 0 radical (unpaired) electrons. The molecule has 0 amide bonds. The molecular formula is C30H52O6Sn. The number of hydrogen-bond acceptors (Lipinski definition) is 6. The summed E-state index contributed by atoms with van der Waals surface area (Å²) in [4.78, 5) is 39.0. The Morgan fingerprint density at radius 1 is 0.946 bits per heavy atom. The maximum absolute atomic E-state index is 13.7. The second-order valence-electron chi connectivity index (χ2n) is 10.7. The number of ether oxygens (including phenoxy) is 3. The second kappa shape index (κ2) is 16.6. The Balaban J connectivity index is 3.70. The predicted molar refractivity (Wildman–Crippen MR) is 152 cm³/mol. The van der Waals surface area contributed by atoms with Crippen molar-refractivity contribution in [2.75, 3.05) is 14.2 Å². The van der Waals surface area contributed by atoms with Crippen molar-refractivity contribution < 1.29 is 28.6 Å². The molecule has 7 heteroatoms. The molecule has 0 aliphatic heterocycles. The summed E-state index contributed by atoms with van der Waals surface area (Å²) in [6.07, 6.45) is 12.3. The number of carbonyl (C=O) groups excluding carboxylic acids is 3. The van der Waals surface area contributed by atoms with E-state index in [0.717, 1.165) is 24.8 Å².